The van der Waals surface area contributed by atoms with Crippen molar-refractivity contribution in [1.82, 2.24) is 9.78 Å². The fourth-order valence-electron chi connectivity index (χ4n) is 2.92. The first-order valence-corrected chi connectivity index (χ1v) is 7.16. The van der Waals surface area contributed by atoms with E-state index >= 15 is 0 Å². The summed E-state index contributed by atoms with van der Waals surface area (Å²) in [5.74, 6) is 0.132. The van der Waals surface area contributed by atoms with Gasteiger partial charge in [0.1, 0.15) is 11.3 Å². The first-order chi connectivity index (χ1) is 10.2. The Hall–Kier alpha value is -2.30. The molecule has 110 valence electrons. The Kier molecular flexibility index (Phi) is 3.64. The van der Waals surface area contributed by atoms with Crippen LogP contribution in [0, 0.1) is 0 Å². The highest BCUT2D eigenvalue weighted by Gasteiger charge is 2.26. The van der Waals surface area contributed by atoms with Crippen molar-refractivity contribution >= 4 is 5.97 Å². The van der Waals surface area contributed by atoms with Gasteiger partial charge in [-0.2, -0.15) is 5.10 Å². The molecule has 2 aromatic rings. The molecular weight excluding hydrogens is 268 g/mol. The summed E-state index contributed by atoms with van der Waals surface area (Å²) in [7, 11) is 1.61. The molecule has 5 nitrogen and oxygen atoms in total. The van der Waals surface area contributed by atoms with E-state index in [0.717, 1.165) is 42.8 Å². The molecule has 1 N–H and O–H groups in total. The number of benzene rings is 1. The largest absolute Gasteiger partial charge is 0.497 e. The number of nitrogens with zero attached hydrogens (tertiary/aromatic N) is 2. The zero-order valence-corrected chi connectivity index (χ0v) is 12.0. The second-order valence-corrected chi connectivity index (χ2v) is 5.36. The molecule has 1 aromatic heterocycles. The van der Waals surface area contributed by atoms with E-state index in [4.69, 9.17) is 4.74 Å². The second kappa shape index (κ2) is 5.60. The molecule has 1 fully saturated rings. The highest BCUT2D eigenvalue weighted by Crippen LogP contribution is 2.35. The SMILES string of the molecule is COc1ccc(-n2cc(C(=O)O)c(C3CCCC3)n2)cc1. The molecule has 0 bridgehead atoms. The molecule has 1 aromatic carbocycles. The fourth-order valence-corrected chi connectivity index (χ4v) is 2.92. The lowest BCUT2D eigenvalue weighted by Gasteiger charge is -2.06. The van der Waals surface area contributed by atoms with Crippen LogP contribution >= 0.6 is 0 Å². The fraction of sp³-hybridized carbons (Fsp3) is 0.375. The van der Waals surface area contributed by atoms with Crippen molar-refractivity contribution < 1.29 is 14.6 Å². The predicted molar refractivity (Wildman–Crippen MR) is 78.3 cm³/mol. The Morgan fingerprint density at radius 2 is 1.95 bits per heavy atom. The van der Waals surface area contributed by atoms with Crippen molar-refractivity contribution in [2.75, 3.05) is 7.11 Å². The van der Waals surface area contributed by atoms with Crippen LogP contribution in [0.2, 0.25) is 0 Å². The maximum atomic E-state index is 11.5. The van der Waals surface area contributed by atoms with Crippen LogP contribution < -0.4 is 4.74 Å². The van der Waals surface area contributed by atoms with E-state index in [9.17, 15) is 9.90 Å². The van der Waals surface area contributed by atoms with Crippen LogP contribution in [0.3, 0.4) is 0 Å². The summed E-state index contributed by atoms with van der Waals surface area (Å²) in [6.07, 6.45) is 5.97. The second-order valence-electron chi connectivity index (χ2n) is 5.36. The van der Waals surface area contributed by atoms with Crippen LogP contribution in [0.25, 0.3) is 5.69 Å². The highest BCUT2D eigenvalue weighted by atomic mass is 16.5. The van der Waals surface area contributed by atoms with E-state index in [2.05, 4.69) is 5.10 Å². The molecule has 0 spiro atoms. The summed E-state index contributed by atoms with van der Waals surface area (Å²) >= 11 is 0. The molecular formula is C16H18N2O3. The molecule has 0 amide bonds. The van der Waals surface area contributed by atoms with Gasteiger partial charge in [-0.05, 0) is 37.1 Å². The Bertz CT molecular complexity index is 640. The van der Waals surface area contributed by atoms with E-state index in [1.54, 1.807) is 18.0 Å². The van der Waals surface area contributed by atoms with Crippen LogP contribution in [-0.4, -0.2) is 28.0 Å². The Morgan fingerprint density at radius 1 is 1.29 bits per heavy atom. The third kappa shape index (κ3) is 2.63. The molecule has 1 aliphatic rings. The normalized spacial score (nSPS) is 15.3. The number of carboxylic acid groups (broad SMARTS) is 1. The Morgan fingerprint density at radius 3 is 2.52 bits per heavy atom. The number of ether oxygens (including phenoxy) is 1. The summed E-state index contributed by atoms with van der Waals surface area (Å²) < 4.78 is 6.78. The number of hydrogen-bond donors (Lipinski definition) is 1. The average molecular weight is 286 g/mol. The monoisotopic (exact) mass is 286 g/mol. The highest BCUT2D eigenvalue weighted by molar-refractivity contribution is 5.89. The summed E-state index contributed by atoms with van der Waals surface area (Å²) in [4.78, 5) is 11.5. The van der Waals surface area contributed by atoms with Crippen molar-refractivity contribution in [2.24, 2.45) is 0 Å². The molecule has 0 unspecified atom stereocenters. The van der Waals surface area contributed by atoms with Crippen LogP contribution in [0.5, 0.6) is 5.75 Å². The van der Waals surface area contributed by atoms with Crippen molar-refractivity contribution in [3.63, 3.8) is 0 Å². The Labute approximate surface area is 123 Å². The first kappa shape index (κ1) is 13.7. The van der Waals surface area contributed by atoms with E-state index in [1.165, 1.54) is 0 Å². The lowest BCUT2D eigenvalue weighted by Crippen LogP contribution is -2.03. The minimum atomic E-state index is -0.906. The molecule has 0 aliphatic heterocycles. The number of aromatic carboxylic acids is 1. The van der Waals surface area contributed by atoms with Crippen LogP contribution in [-0.2, 0) is 0 Å². The van der Waals surface area contributed by atoms with Crippen molar-refractivity contribution in [3.05, 3.63) is 41.7 Å². The van der Waals surface area contributed by atoms with Gasteiger partial charge in [-0.25, -0.2) is 9.48 Å². The standard InChI is InChI=1S/C16H18N2O3/c1-21-13-8-6-12(7-9-13)18-10-14(16(19)20)15(17-18)11-4-2-3-5-11/h6-11H,2-5H2,1H3,(H,19,20). The number of methoxy groups -OCH3 is 1. The number of carbonyl (C=O) groups is 1. The number of aromatic nitrogens is 2. The van der Waals surface area contributed by atoms with Gasteiger partial charge in [0.05, 0.1) is 18.5 Å². The smallest absolute Gasteiger partial charge is 0.339 e. The van der Waals surface area contributed by atoms with Gasteiger partial charge in [-0.1, -0.05) is 12.8 Å². The third-order valence-electron chi connectivity index (χ3n) is 4.05. The van der Waals surface area contributed by atoms with E-state index in [1.807, 2.05) is 24.3 Å². The van der Waals surface area contributed by atoms with Gasteiger partial charge >= 0.3 is 5.97 Å². The predicted octanol–water partition coefficient (Wildman–Crippen LogP) is 3.24. The van der Waals surface area contributed by atoms with Gasteiger partial charge in [0.15, 0.2) is 0 Å². The van der Waals surface area contributed by atoms with E-state index in [-0.39, 0.29) is 5.92 Å². The maximum Gasteiger partial charge on any atom is 0.339 e. The lowest BCUT2D eigenvalue weighted by molar-refractivity contribution is 0.0695. The minimum absolute atomic E-state index is 0.274. The lowest BCUT2D eigenvalue weighted by atomic mass is 10.0. The summed E-state index contributed by atoms with van der Waals surface area (Å²) in [5, 5.41) is 13.9. The van der Waals surface area contributed by atoms with Crippen LogP contribution in [0.1, 0.15) is 47.7 Å². The summed E-state index contributed by atoms with van der Waals surface area (Å²) in [6.45, 7) is 0. The molecule has 0 radical (unpaired) electrons. The third-order valence-corrected chi connectivity index (χ3v) is 4.05. The molecule has 1 aliphatic carbocycles. The van der Waals surface area contributed by atoms with Crippen molar-refractivity contribution in [1.29, 1.82) is 0 Å². The zero-order valence-electron chi connectivity index (χ0n) is 12.0. The zero-order chi connectivity index (χ0) is 14.8. The first-order valence-electron chi connectivity index (χ1n) is 7.16. The van der Waals surface area contributed by atoms with E-state index < -0.39 is 5.97 Å². The molecule has 21 heavy (non-hydrogen) atoms. The van der Waals surface area contributed by atoms with Gasteiger partial charge in [0.25, 0.3) is 0 Å². The molecule has 1 saturated carbocycles. The van der Waals surface area contributed by atoms with Gasteiger partial charge in [-0.15, -0.1) is 0 Å². The minimum Gasteiger partial charge on any atom is -0.497 e. The summed E-state index contributed by atoms with van der Waals surface area (Å²) in [5.41, 5.74) is 1.87. The molecule has 3 rings (SSSR count). The molecule has 0 saturated heterocycles. The Balaban J connectivity index is 1.98. The number of carboxylic acids is 1. The van der Waals surface area contributed by atoms with Gasteiger partial charge in [0, 0.05) is 12.1 Å². The maximum absolute atomic E-state index is 11.5. The summed E-state index contributed by atoms with van der Waals surface area (Å²) in [6, 6.07) is 7.42. The average Bonchev–Trinajstić information content (AvgIpc) is 3.16. The van der Waals surface area contributed by atoms with Gasteiger partial charge in [0.2, 0.25) is 0 Å². The number of rotatable bonds is 4. The van der Waals surface area contributed by atoms with Crippen LogP contribution in [0.15, 0.2) is 30.5 Å². The number of hydrogen-bond acceptors (Lipinski definition) is 3. The van der Waals surface area contributed by atoms with Crippen molar-refractivity contribution in [2.45, 2.75) is 31.6 Å². The van der Waals surface area contributed by atoms with Crippen molar-refractivity contribution in [3.8, 4) is 11.4 Å². The molecule has 1 heterocycles. The molecule has 5 heteroatoms. The quantitative estimate of drug-likeness (QED) is 0.937. The van der Waals surface area contributed by atoms with Gasteiger partial charge in [-0.3, -0.25) is 0 Å². The van der Waals surface area contributed by atoms with Gasteiger partial charge < -0.3 is 9.84 Å². The van der Waals surface area contributed by atoms with E-state index in [0.29, 0.717) is 5.56 Å². The molecule has 0 atom stereocenters. The topological polar surface area (TPSA) is 64.3 Å². The van der Waals surface area contributed by atoms with Crippen LogP contribution in [0.4, 0.5) is 0 Å².